The average Bonchev–Trinajstić information content (AvgIpc) is 2.53. The van der Waals surface area contributed by atoms with Crippen LogP contribution in [0.5, 0.6) is 5.75 Å². The number of nitrogens with zero attached hydrogens (tertiary/aromatic N) is 1. The first-order valence-electron chi connectivity index (χ1n) is 9.62. The Bertz CT molecular complexity index is 541. The summed E-state index contributed by atoms with van der Waals surface area (Å²) in [5.74, 6) is 1.09. The number of benzene rings is 1. The van der Waals surface area contributed by atoms with E-state index in [0.29, 0.717) is 17.7 Å². The first-order valence-corrected chi connectivity index (χ1v) is 9.62. The molecule has 1 fully saturated rings. The molecule has 3 rings (SSSR count). The number of rotatable bonds is 6. The predicted octanol–water partition coefficient (Wildman–Crippen LogP) is 4.89. The topological polar surface area (TPSA) is 23.5 Å². The summed E-state index contributed by atoms with van der Waals surface area (Å²) < 4.78 is 0. The lowest BCUT2D eigenvalue weighted by molar-refractivity contribution is 0.0302. The van der Waals surface area contributed by atoms with Crippen LogP contribution in [0.3, 0.4) is 0 Å². The van der Waals surface area contributed by atoms with Crippen LogP contribution in [-0.4, -0.2) is 29.1 Å². The Labute approximate surface area is 141 Å². The Morgan fingerprint density at radius 3 is 2.78 bits per heavy atom. The molecule has 0 unspecified atom stereocenters. The molecule has 0 aromatic heterocycles. The molecule has 1 aliphatic heterocycles. The molecule has 0 amide bonds. The number of piperidine rings is 1. The lowest BCUT2D eigenvalue weighted by Gasteiger charge is -2.54. The van der Waals surface area contributed by atoms with Gasteiger partial charge in [-0.15, -0.1) is 0 Å². The molecule has 1 aliphatic carbocycles. The summed E-state index contributed by atoms with van der Waals surface area (Å²) in [6.45, 7) is 9.61. The van der Waals surface area contributed by atoms with Crippen LogP contribution >= 0.6 is 0 Å². The van der Waals surface area contributed by atoms with Crippen LogP contribution in [0, 0.1) is 5.92 Å². The Balaban J connectivity index is 1.71. The quantitative estimate of drug-likeness (QED) is 0.756. The minimum Gasteiger partial charge on any atom is -0.508 e. The Kier molecular flexibility index (Phi) is 5.01. The van der Waals surface area contributed by atoms with Gasteiger partial charge in [0.1, 0.15) is 5.75 Å². The molecule has 2 heteroatoms. The predicted molar refractivity (Wildman–Crippen MR) is 97.1 cm³/mol. The van der Waals surface area contributed by atoms with Crippen molar-refractivity contribution in [3.05, 3.63) is 29.3 Å². The van der Waals surface area contributed by atoms with Crippen LogP contribution in [0.25, 0.3) is 0 Å². The van der Waals surface area contributed by atoms with Gasteiger partial charge in [0.05, 0.1) is 0 Å². The van der Waals surface area contributed by atoms with E-state index in [0.717, 1.165) is 6.42 Å². The van der Waals surface area contributed by atoms with E-state index in [2.05, 4.69) is 31.7 Å². The fourth-order valence-electron chi connectivity index (χ4n) is 4.89. The van der Waals surface area contributed by atoms with Crippen LogP contribution in [0.2, 0.25) is 0 Å². The second-order valence-corrected chi connectivity index (χ2v) is 8.02. The van der Waals surface area contributed by atoms with Crippen molar-refractivity contribution in [1.29, 1.82) is 0 Å². The Morgan fingerprint density at radius 2 is 2.00 bits per heavy atom. The first-order chi connectivity index (χ1) is 11.1. The molecular formula is C21H33NO. The summed E-state index contributed by atoms with van der Waals surface area (Å²) >= 11 is 0. The number of hydrogen-bond donors (Lipinski definition) is 1. The maximum atomic E-state index is 9.91. The van der Waals surface area contributed by atoms with Crippen LogP contribution in [0.4, 0.5) is 0 Å². The fourth-order valence-corrected chi connectivity index (χ4v) is 4.89. The maximum absolute atomic E-state index is 9.91. The van der Waals surface area contributed by atoms with Crippen molar-refractivity contribution >= 4 is 0 Å². The van der Waals surface area contributed by atoms with Gasteiger partial charge in [0, 0.05) is 6.04 Å². The van der Waals surface area contributed by atoms with Gasteiger partial charge in [-0.1, -0.05) is 52.5 Å². The van der Waals surface area contributed by atoms with E-state index in [9.17, 15) is 5.11 Å². The summed E-state index contributed by atoms with van der Waals surface area (Å²) in [6, 6.07) is 6.73. The van der Waals surface area contributed by atoms with E-state index in [-0.39, 0.29) is 5.41 Å². The molecule has 128 valence electrons. The molecule has 1 aromatic carbocycles. The van der Waals surface area contributed by atoms with Crippen LogP contribution in [0.1, 0.15) is 70.4 Å². The van der Waals surface area contributed by atoms with Gasteiger partial charge in [0.15, 0.2) is 0 Å². The molecule has 0 spiro atoms. The second-order valence-electron chi connectivity index (χ2n) is 8.02. The number of phenolic OH excluding ortho intramolecular Hbond substituents is 1. The van der Waals surface area contributed by atoms with Gasteiger partial charge < -0.3 is 5.11 Å². The van der Waals surface area contributed by atoms with Gasteiger partial charge in [-0.25, -0.2) is 0 Å². The highest BCUT2D eigenvalue weighted by molar-refractivity contribution is 5.44. The SMILES string of the molecule is CCCCCCCN1CC[C@@]2(C)c3cc(O)ccc3C[C@@H]1[C@@H]2C. The van der Waals surface area contributed by atoms with E-state index in [1.54, 1.807) is 0 Å². The van der Waals surface area contributed by atoms with E-state index in [1.165, 1.54) is 62.7 Å². The van der Waals surface area contributed by atoms with Crippen molar-refractivity contribution in [2.75, 3.05) is 13.1 Å². The molecule has 0 radical (unpaired) electrons. The average molecular weight is 316 g/mol. The molecule has 2 nitrogen and oxygen atoms in total. The van der Waals surface area contributed by atoms with Gasteiger partial charge >= 0.3 is 0 Å². The number of likely N-dealkylation sites (tertiary alicyclic amines) is 1. The number of aromatic hydroxyl groups is 1. The van der Waals surface area contributed by atoms with Gasteiger partial charge in [-0.2, -0.15) is 0 Å². The zero-order valence-corrected chi connectivity index (χ0v) is 15.1. The third kappa shape index (κ3) is 3.15. The number of phenols is 1. The smallest absolute Gasteiger partial charge is 0.115 e. The normalized spacial score (nSPS) is 30.2. The highest BCUT2D eigenvalue weighted by atomic mass is 16.3. The maximum Gasteiger partial charge on any atom is 0.115 e. The van der Waals surface area contributed by atoms with Crippen molar-refractivity contribution in [3.8, 4) is 5.75 Å². The largest absolute Gasteiger partial charge is 0.508 e. The molecular weight excluding hydrogens is 282 g/mol. The van der Waals surface area contributed by atoms with Crippen molar-refractivity contribution < 1.29 is 5.11 Å². The third-order valence-electron chi connectivity index (χ3n) is 6.66. The van der Waals surface area contributed by atoms with Gasteiger partial charge in [-0.3, -0.25) is 4.90 Å². The van der Waals surface area contributed by atoms with Gasteiger partial charge in [-0.05, 0) is 66.9 Å². The van der Waals surface area contributed by atoms with Crippen LogP contribution in [-0.2, 0) is 11.8 Å². The monoisotopic (exact) mass is 315 g/mol. The molecule has 1 N–H and O–H groups in total. The lowest BCUT2D eigenvalue weighted by atomic mass is 9.59. The molecule has 0 saturated carbocycles. The highest BCUT2D eigenvalue weighted by Crippen LogP contribution is 2.49. The van der Waals surface area contributed by atoms with Crippen LogP contribution in [0.15, 0.2) is 18.2 Å². The van der Waals surface area contributed by atoms with Crippen LogP contribution < -0.4 is 0 Å². The Morgan fingerprint density at radius 1 is 1.22 bits per heavy atom. The van der Waals surface area contributed by atoms with E-state index < -0.39 is 0 Å². The summed E-state index contributed by atoms with van der Waals surface area (Å²) in [7, 11) is 0. The van der Waals surface area contributed by atoms with E-state index in [1.807, 2.05) is 12.1 Å². The third-order valence-corrected chi connectivity index (χ3v) is 6.66. The van der Waals surface area contributed by atoms with E-state index >= 15 is 0 Å². The summed E-state index contributed by atoms with van der Waals surface area (Å²) in [6.07, 6.45) is 9.21. The Hall–Kier alpha value is -1.02. The molecule has 2 aliphatic rings. The van der Waals surface area contributed by atoms with Crippen molar-refractivity contribution in [3.63, 3.8) is 0 Å². The molecule has 3 atom stereocenters. The van der Waals surface area contributed by atoms with Crippen molar-refractivity contribution in [2.24, 2.45) is 5.92 Å². The van der Waals surface area contributed by atoms with Crippen molar-refractivity contribution in [2.45, 2.75) is 77.2 Å². The number of fused-ring (bicyclic) bond motifs is 4. The fraction of sp³-hybridized carbons (Fsp3) is 0.714. The first kappa shape index (κ1) is 16.8. The molecule has 2 bridgehead atoms. The highest BCUT2D eigenvalue weighted by Gasteiger charge is 2.48. The molecule has 23 heavy (non-hydrogen) atoms. The van der Waals surface area contributed by atoms with Gasteiger partial charge in [0.2, 0.25) is 0 Å². The lowest BCUT2D eigenvalue weighted by Crippen LogP contribution is -2.58. The zero-order chi connectivity index (χ0) is 16.4. The minimum atomic E-state index is 0.232. The van der Waals surface area contributed by atoms with Gasteiger partial charge in [0.25, 0.3) is 0 Å². The summed E-state index contributed by atoms with van der Waals surface area (Å²) in [4.78, 5) is 2.76. The summed E-state index contributed by atoms with van der Waals surface area (Å²) in [5.41, 5.74) is 3.10. The molecule has 1 saturated heterocycles. The summed E-state index contributed by atoms with van der Waals surface area (Å²) in [5, 5.41) is 9.91. The second kappa shape index (κ2) is 6.84. The number of hydrogen-bond acceptors (Lipinski definition) is 2. The zero-order valence-electron chi connectivity index (χ0n) is 15.1. The minimum absolute atomic E-state index is 0.232. The van der Waals surface area contributed by atoms with E-state index in [4.69, 9.17) is 0 Å². The number of unbranched alkanes of at least 4 members (excludes halogenated alkanes) is 4. The van der Waals surface area contributed by atoms with Crippen molar-refractivity contribution in [1.82, 2.24) is 4.90 Å². The standard InChI is InChI=1S/C21H33NO/c1-4-5-6-7-8-12-22-13-11-21(3)16(2)20(22)14-17-9-10-18(23)15-19(17)21/h9-10,15-16,20,23H,4-8,11-14H2,1-3H3/t16-,20+,21+/m0/s1. The molecule has 1 heterocycles. The molecule has 1 aromatic rings.